The SMILES string of the molecule is CC(C)CNC(=O)CN1Cc2ccccc2CC1C(=O)O. The van der Waals surface area contributed by atoms with Crippen LogP contribution in [0.5, 0.6) is 0 Å². The predicted molar refractivity (Wildman–Crippen MR) is 79.8 cm³/mol. The standard InChI is InChI=1S/C16H22N2O3/c1-11(2)8-17-15(19)10-18-9-13-6-4-3-5-12(13)7-14(18)16(20)21/h3-6,11,14H,7-10H2,1-2H3,(H,17,19)(H,20,21). The average Bonchev–Trinajstić information content (AvgIpc) is 2.44. The van der Waals surface area contributed by atoms with Crippen molar-refractivity contribution in [3.05, 3.63) is 35.4 Å². The number of hydrogen-bond acceptors (Lipinski definition) is 3. The Hall–Kier alpha value is -1.88. The third kappa shape index (κ3) is 4.04. The number of nitrogens with zero attached hydrogens (tertiary/aromatic N) is 1. The van der Waals surface area contributed by atoms with Gasteiger partial charge in [-0.25, -0.2) is 0 Å². The maximum absolute atomic E-state index is 12.0. The Morgan fingerprint density at radius 2 is 2.00 bits per heavy atom. The number of amides is 1. The van der Waals surface area contributed by atoms with Crippen LogP contribution < -0.4 is 5.32 Å². The second-order valence-electron chi connectivity index (χ2n) is 5.93. The van der Waals surface area contributed by atoms with Crippen molar-refractivity contribution in [1.82, 2.24) is 10.2 Å². The largest absolute Gasteiger partial charge is 0.480 e. The highest BCUT2D eigenvalue weighted by atomic mass is 16.4. The number of carboxylic acid groups (broad SMARTS) is 1. The monoisotopic (exact) mass is 290 g/mol. The normalized spacial score (nSPS) is 18.3. The fourth-order valence-corrected chi connectivity index (χ4v) is 2.55. The first kappa shape index (κ1) is 15.5. The van der Waals surface area contributed by atoms with E-state index in [1.807, 2.05) is 38.1 Å². The molecular formula is C16H22N2O3. The molecule has 5 heteroatoms. The van der Waals surface area contributed by atoms with Gasteiger partial charge in [0.25, 0.3) is 0 Å². The van der Waals surface area contributed by atoms with Crippen LogP contribution in [0, 0.1) is 5.92 Å². The zero-order valence-electron chi connectivity index (χ0n) is 12.5. The summed E-state index contributed by atoms with van der Waals surface area (Å²) in [5.74, 6) is -0.609. The summed E-state index contributed by atoms with van der Waals surface area (Å²) in [7, 11) is 0. The topological polar surface area (TPSA) is 69.6 Å². The number of carboxylic acids is 1. The first-order valence-corrected chi connectivity index (χ1v) is 7.27. The summed E-state index contributed by atoms with van der Waals surface area (Å²) in [6.07, 6.45) is 0.447. The van der Waals surface area contributed by atoms with Crippen molar-refractivity contribution in [1.29, 1.82) is 0 Å². The van der Waals surface area contributed by atoms with Crippen molar-refractivity contribution in [3.8, 4) is 0 Å². The molecule has 1 unspecified atom stereocenters. The molecule has 1 aliphatic heterocycles. The van der Waals surface area contributed by atoms with Gasteiger partial charge in [0.15, 0.2) is 0 Å². The summed E-state index contributed by atoms with van der Waals surface area (Å²) in [4.78, 5) is 25.1. The lowest BCUT2D eigenvalue weighted by atomic mass is 9.94. The van der Waals surface area contributed by atoms with Gasteiger partial charge in [-0.15, -0.1) is 0 Å². The lowest BCUT2D eigenvalue weighted by Crippen LogP contribution is -2.49. The molecule has 1 aromatic carbocycles. The minimum absolute atomic E-state index is 0.116. The quantitative estimate of drug-likeness (QED) is 0.857. The summed E-state index contributed by atoms with van der Waals surface area (Å²) in [5.41, 5.74) is 2.16. The van der Waals surface area contributed by atoms with E-state index < -0.39 is 12.0 Å². The summed E-state index contributed by atoms with van der Waals surface area (Å²) in [6, 6.07) is 7.18. The van der Waals surface area contributed by atoms with E-state index in [-0.39, 0.29) is 12.5 Å². The lowest BCUT2D eigenvalue weighted by Gasteiger charge is -2.33. The van der Waals surface area contributed by atoms with Crippen molar-refractivity contribution in [2.24, 2.45) is 5.92 Å². The van der Waals surface area contributed by atoms with E-state index in [0.717, 1.165) is 11.1 Å². The van der Waals surface area contributed by atoms with Gasteiger partial charge in [0.05, 0.1) is 6.54 Å². The molecule has 1 amide bonds. The zero-order valence-corrected chi connectivity index (χ0v) is 12.5. The number of rotatable bonds is 5. The van der Waals surface area contributed by atoms with E-state index in [4.69, 9.17) is 0 Å². The summed E-state index contributed by atoms with van der Waals surface area (Å²) in [6.45, 7) is 5.29. The lowest BCUT2D eigenvalue weighted by molar-refractivity contribution is -0.144. The molecular weight excluding hydrogens is 268 g/mol. The Kier molecular flexibility index (Phi) is 4.96. The fraction of sp³-hybridized carbons (Fsp3) is 0.500. The Morgan fingerprint density at radius 3 is 2.62 bits per heavy atom. The van der Waals surface area contributed by atoms with Gasteiger partial charge in [-0.3, -0.25) is 14.5 Å². The number of aliphatic carboxylic acids is 1. The van der Waals surface area contributed by atoms with E-state index in [1.165, 1.54) is 0 Å². The summed E-state index contributed by atoms with van der Waals surface area (Å²) in [5, 5.41) is 12.2. The highest BCUT2D eigenvalue weighted by Crippen LogP contribution is 2.23. The van der Waals surface area contributed by atoms with Gasteiger partial charge >= 0.3 is 5.97 Å². The van der Waals surface area contributed by atoms with Crippen molar-refractivity contribution in [3.63, 3.8) is 0 Å². The minimum atomic E-state index is -0.874. The Bertz CT molecular complexity index is 528. The molecule has 1 heterocycles. The first-order valence-electron chi connectivity index (χ1n) is 7.27. The Morgan fingerprint density at radius 1 is 1.33 bits per heavy atom. The number of carbonyl (C=O) groups is 2. The van der Waals surface area contributed by atoms with Crippen LogP contribution in [-0.4, -0.2) is 41.0 Å². The van der Waals surface area contributed by atoms with Gasteiger partial charge in [-0.2, -0.15) is 0 Å². The molecule has 0 saturated carbocycles. The van der Waals surface area contributed by atoms with Crippen LogP contribution in [0.3, 0.4) is 0 Å². The van der Waals surface area contributed by atoms with Gasteiger partial charge in [-0.1, -0.05) is 38.1 Å². The van der Waals surface area contributed by atoms with Crippen LogP contribution >= 0.6 is 0 Å². The van der Waals surface area contributed by atoms with Crippen LogP contribution in [0.25, 0.3) is 0 Å². The molecule has 21 heavy (non-hydrogen) atoms. The van der Waals surface area contributed by atoms with Crippen molar-refractivity contribution >= 4 is 11.9 Å². The van der Waals surface area contributed by atoms with Crippen LogP contribution in [0.4, 0.5) is 0 Å². The van der Waals surface area contributed by atoms with Crippen molar-refractivity contribution in [2.75, 3.05) is 13.1 Å². The molecule has 2 rings (SSSR count). The Labute approximate surface area is 125 Å². The number of carbonyl (C=O) groups excluding carboxylic acids is 1. The van der Waals surface area contributed by atoms with Crippen LogP contribution in [-0.2, 0) is 22.6 Å². The van der Waals surface area contributed by atoms with Gasteiger partial charge in [0, 0.05) is 13.1 Å². The molecule has 2 N–H and O–H groups in total. The highest BCUT2D eigenvalue weighted by molar-refractivity contribution is 5.80. The van der Waals surface area contributed by atoms with Gasteiger partial charge < -0.3 is 10.4 Å². The van der Waals surface area contributed by atoms with Gasteiger partial charge in [-0.05, 0) is 23.5 Å². The first-order chi connectivity index (χ1) is 9.97. The Balaban J connectivity index is 2.06. The number of nitrogens with one attached hydrogen (secondary N) is 1. The second kappa shape index (κ2) is 6.72. The molecule has 5 nitrogen and oxygen atoms in total. The average molecular weight is 290 g/mol. The van der Waals surface area contributed by atoms with E-state index in [2.05, 4.69) is 5.32 Å². The molecule has 0 bridgehead atoms. The van der Waals surface area contributed by atoms with Gasteiger partial charge in [0.1, 0.15) is 6.04 Å². The molecule has 0 saturated heterocycles. The van der Waals surface area contributed by atoms with Crippen molar-refractivity contribution < 1.29 is 14.7 Å². The molecule has 0 aliphatic carbocycles. The fourth-order valence-electron chi connectivity index (χ4n) is 2.55. The van der Waals surface area contributed by atoms with E-state index >= 15 is 0 Å². The third-order valence-corrected chi connectivity index (χ3v) is 3.69. The van der Waals surface area contributed by atoms with Gasteiger partial charge in [0.2, 0.25) is 5.91 Å². The molecule has 1 atom stereocenters. The summed E-state index contributed by atoms with van der Waals surface area (Å²) < 4.78 is 0. The zero-order chi connectivity index (χ0) is 15.4. The van der Waals surface area contributed by atoms with E-state index in [9.17, 15) is 14.7 Å². The van der Waals surface area contributed by atoms with Crippen LogP contribution in [0.1, 0.15) is 25.0 Å². The molecule has 0 radical (unpaired) electrons. The molecule has 0 spiro atoms. The van der Waals surface area contributed by atoms with E-state index in [1.54, 1.807) is 4.90 Å². The van der Waals surface area contributed by atoms with Crippen LogP contribution in [0.2, 0.25) is 0 Å². The highest BCUT2D eigenvalue weighted by Gasteiger charge is 2.32. The van der Waals surface area contributed by atoms with Crippen molar-refractivity contribution in [2.45, 2.75) is 32.9 Å². The third-order valence-electron chi connectivity index (χ3n) is 3.69. The maximum Gasteiger partial charge on any atom is 0.321 e. The minimum Gasteiger partial charge on any atom is -0.480 e. The van der Waals surface area contributed by atoms with Crippen LogP contribution in [0.15, 0.2) is 24.3 Å². The second-order valence-corrected chi connectivity index (χ2v) is 5.93. The predicted octanol–water partition coefficient (Wildman–Crippen LogP) is 1.27. The molecule has 1 aliphatic rings. The number of hydrogen-bond donors (Lipinski definition) is 2. The number of fused-ring (bicyclic) bond motifs is 1. The molecule has 114 valence electrons. The smallest absolute Gasteiger partial charge is 0.321 e. The number of benzene rings is 1. The summed E-state index contributed by atoms with van der Waals surface area (Å²) >= 11 is 0. The van der Waals surface area contributed by atoms with E-state index in [0.29, 0.717) is 25.4 Å². The molecule has 0 fully saturated rings. The molecule has 1 aromatic rings. The molecule has 0 aromatic heterocycles. The maximum atomic E-state index is 12.0.